The third kappa shape index (κ3) is 3.00. The normalized spacial score (nSPS) is 11.5. The number of aromatic nitrogens is 2. The highest BCUT2D eigenvalue weighted by Gasteiger charge is 2.13. The number of fused-ring (bicyclic) bond motifs is 1. The molecule has 0 aliphatic heterocycles. The zero-order valence-corrected chi connectivity index (χ0v) is 13.6. The number of nitriles is 1. The Morgan fingerprint density at radius 2 is 2.04 bits per heavy atom. The van der Waals surface area contributed by atoms with E-state index in [1.807, 2.05) is 35.9 Å². The molecule has 3 aromatic rings. The van der Waals surface area contributed by atoms with E-state index < -0.39 is 0 Å². The summed E-state index contributed by atoms with van der Waals surface area (Å²) in [5.74, 6) is 0.478. The summed E-state index contributed by atoms with van der Waals surface area (Å²) in [7, 11) is 1.84. The van der Waals surface area contributed by atoms with Gasteiger partial charge in [-0.3, -0.25) is 5.43 Å². The third-order valence-electron chi connectivity index (χ3n) is 3.32. The Hall–Kier alpha value is -2.55. The van der Waals surface area contributed by atoms with Crippen molar-refractivity contribution in [3.05, 3.63) is 58.3 Å². The van der Waals surface area contributed by atoms with Crippen LogP contribution in [0.15, 0.2) is 47.6 Å². The number of para-hydroxylation sites is 2. The zero-order valence-electron chi connectivity index (χ0n) is 12.1. The molecule has 23 heavy (non-hydrogen) atoms. The van der Waals surface area contributed by atoms with Crippen LogP contribution in [0.5, 0.6) is 0 Å². The highest BCUT2D eigenvalue weighted by molar-refractivity contribution is 6.36. The SMILES string of the molecule is Cn1c(C(C#N)=NNc2ccc(Cl)cc2Cl)nc2ccccc21. The van der Waals surface area contributed by atoms with Gasteiger partial charge >= 0.3 is 0 Å². The fourth-order valence-electron chi connectivity index (χ4n) is 2.18. The quantitative estimate of drug-likeness (QED) is 0.571. The predicted molar refractivity (Wildman–Crippen MR) is 92.9 cm³/mol. The minimum atomic E-state index is 0.162. The molecule has 1 aromatic heterocycles. The lowest BCUT2D eigenvalue weighted by Crippen LogP contribution is -2.09. The van der Waals surface area contributed by atoms with E-state index in [4.69, 9.17) is 23.2 Å². The van der Waals surface area contributed by atoms with Gasteiger partial charge in [0.15, 0.2) is 5.82 Å². The van der Waals surface area contributed by atoms with Crippen LogP contribution < -0.4 is 5.43 Å². The third-order valence-corrected chi connectivity index (χ3v) is 3.87. The van der Waals surface area contributed by atoms with E-state index in [-0.39, 0.29) is 5.71 Å². The van der Waals surface area contributed by atoms with E-state index in [1.165, 1.54) is 0 Å². The molecule has 0 saturated carbocycles. The fraction of sp³-hybridized carbons (Fsp3) is 0.0625. The Morgan fingerprint density at radius 1 is 1.26 bits per heavy atom. The second kappa shape index (κ2) is 6.29. The summed E-state index contributed by atoms with van der Waals surface area (Å²) in [5.41, 5.74) is 5.23. The number of hydrogen-bond donors (Lipinski definition) is 1. The maximum Gasteiger partial charge on any atom is 0.203 e. The first-order chi connectivity index (χ1) is 11.1. The molecular weight excluding hydrogens is 333 g/mol. The molecule has 0 unspecified atom stereocenters. The van der Waals surface area contributed by atoms with Crippen molar-refractivity contribution in [2.45, 2.75) is 0 Å². The van der Waals surface area contributed by atoms with E-state index in [1.54, 1.807) is 18.2 Å². The maximum atomic E-state index is 9.39. The molecule has 1 heterocycles. The van der Waals surface area contributed by atoms with Crippen LogP contribution in [0.1, 0.15) is 5.82 Å². The van der Waals surface area contributed by atoms with Crippen molar-refractivity contribution in [1.29, 1.82) is 5.26 Å². The Balaban J connectivity index is 1.98. The molecule has 0 atom stereocenters. The standard InChI is InChI=1S/C16H11Cl2N5/c1-23-15-5-3-2-4-13(15)20-16(23)14(9-19)22-21-12-7-6-10(17)8-11(12)18/h2-8,21H,1H3. The lowest BCUT2D eigenvalue weighted by atomic mass is 10.3. The van der Waals surface area contributed by atoms with Crippen molar-refractivity contribution in [3.8, 4) is 6.07 Å². The molecule has 0 aliphatic carbocycles. The largest absolute Gasteiger partial charge is 0.325 e. The Labute approximate surface area is 142 Å². The van der Waals surface area contributed by atoms with Crippen LogP contribution in [0.3, 0.4) is 0 Å². The zero-order chi connectivity index (χ0) is 16.4. The number of nitrogens with zero attached hydrogens (tertiary/aromatic N) is 4. The first kappa shape index (κ1) is 15.3. The average Bonchev–Trinajstić information content (AvgIpc) is 2.87. The molecule has 0 saturated heterocycles. The van der Waals surface area contributed by atoms with Crippen molar-refractivity contribution in [2.75, 3.05) is 5.43 Å². The van der Waals surface area contributed by atoms with Crippen LogP contribution in [-0.2, 0) is 7.05 Å². The number of halogens is 2. The molecule has 1 N–H and O–H groups in total. The molecule has 0 spiro atoms. The molecule has 2 aromatic carbocycles. The molecule has 7 heteroatoms. The van der Waals surface area contributed by atoms with Crippen molar-refractivity contribution in [2.24, 2.45) is 12.1 Å². The summed E-state index contributed by atoms with van der Waals surface area (Å²) in [5, 5.41) is 14.5. The van der Waals surface area contributed by atoms with Crippen LogP contribution in [0.4, 0.5) is 5.69 Å². The van der Waals surface area contributed by atoms with Crippen LogP contribution in [0, 0.1) is 11.3 Å². The van der Waals surface area contributed by atoms with Gasteiger partial charge in [-0.05, 0) is 30.3 Å². The fourth-order valence-corrected chi connectivity index (χ4v) is 2.63. The number of benzene rings is 2. The van der Waals surface area contributed by atoms with Gasteiger partial charge in [0.1, 0.15) is 6.07 Å². The van der Waals surface area contributed by atoms with E-state index in [0.717, 1.165) is 11.0 Å². The van der Waals surface area contributed by atoms with Crippen LogP contribution >= 0.6 is 23.2 Å². The van der Waals surface area contributed by atoms with E-state index in [0.29, 0.717) is 21.6 Å². The molecule has 0 bridgehead atoms. The molecule has 114 valence electrons. The van der Waals surface area contributed by atoms with E-state index in [2.05, 4.69) is 21.6 Å². The van der Waals surface area contributed by atoms with Gasteiger partial charge in [0.2, 0.25) is 5.71 Å². The van der Waals surface area contributed by atoms with Gasteiger partial charge in [0.25, 0.3) is 0 Å². The number of hydrazone groups is 1. The number of imidazole rings is 1. The molecule has 0 fully saturated rings. The number of aryl methyl sites for hydroxylation is 1. The Bertz CT molecular complexity index is 953. The lowest BCUT2D eigenvalue weighted by molar-refractivity contribution is 0.929. The van der Waals surface area contributed by atoms with Crippen molar-refractivity contribution >= 4 is 45.6 Å². The van der Waals surface area contributed by atoms with Gasteiger partial charge in [-0.2, -0.15) is 10.4 Å². The lowest BCUT2D eigenvalue weighted by Gasteiger charge is -2.05. The van der Waals surface area contributed by atoms with Gasteiger partial charge in [0, 0.05) is 12.1 Å². The number of rotatable bonds is 3. The monoisotopic (exact) mass is 343 g/mol. The first-order valence-corrected chi connectivity index (χ1v) is 7.46. The van der Waals surface area contributed by atoms with Crippen LogP contribution in [0.25, 0.3) is 11.0 Å². The molecule has 0 radical (unpaired) electrons. The second-order valence-electron chi connectivity index (χ2n) is 4.79. The summed E-state index contributed by atoms with van der Waals surface area (Å²) in [6, 6.07) is 14.7. The summed E-state index contributed by atoms with van der Waals surface area (Å²) in [4.78, 5) is 4.45. The van der Waals surface area contributed by atoms with Gasteiger partial charge in [-0.1, -0.05) is 35.3 Å². The van der Waals surface area contributed by atoms with Gasteiger partial charge < -0.3 is 4.57 Å². The number of nitrogens with one attached hydrogen (secondary N) is 1. The summed E-state index contributed by atoms with van der Waals surface area (Å²) in [6.45, 7) is 0. The minimum Gasteiger partial charge on any atom is -0.325 e. The van der Waals surface area contributed by atoms with Crippen LogP contribution in [0.2, 0.25) is 10.0 Å². The summed E-state index contributed by atoms with van der Waals surface area (Å²) >= 11 is 11.9. The smallest absolute Gasteiger partial charge is 0.203 e. The highest BCUT2D eigenvalue weighted by Crippen LogP contribution is 2.25. The van der Waals surface area contributed by atoms with Gasteiger partial charge in [-0.25, -0.2) is 4.98 Å². The van der Waals surface area contributed by atoms with Crippen molar-refractivity contribution < 1.29 is 0 Å². The minimum absolute atomic E-state index is 0.162. The van der Waals surface area contributed by atoms with Gasteiger partial charge in [0.05, 0.1) is 21.7 Å². The molecule has 0 amide bonds. The van der Waals surface area contributed by atoms with E-state index in [9.17, 15) is 5.26 Å². The first-order valence-electron chi connectivity index (χ1n) is 6.71. The number of hydrogen-bond acceptors (Lipinski definition) is 4. The Morgan fingerprint density at radius 3 is 2.74 bits per heavy atom. The second-order valence-corrected chi connectivity index (χ2v) is 5.63. The van der Waals surface area contributed by atoms with Gasteiger partial charge in [-0.15, -0.1) is 0 Å². The maximum absolute atomic E-state index is 9.39. The van der Waals surface area contributed by atoms with Crippen molar-refractivity contribution in [1.82, 2.24) is 9.55 Å². The Kier molecular flexibility index (Phi) is 4.20. The average molecular weight is 344 g/mol. The number of anilines is 1. The predicted octanol–water partition coefficient (Wildman–Crippen LogP) is 4.22. The van der Waals surface area contributed by atoms with E-state index >= 15 is 0 Å². The topological polar surface area (TPSA) is 66.0 Å². The molecule has 5 nitrogen and oxygen atoms in total. The molecule has 3 rings (SSSR count). The van der Waals surface area contributed by atoms with Crippen LogP contribution in [-0.4, -0.2) is 15.3 Å². The molecule has 0 aliphatic rings. The molecular formula is C16H11Cl2N5. The highest BCUT2D eigenvalue weighted by atomic mass is 35.5. The van der Waals surface area contributed by atoms with Crippen molar-refractivity contribution in [3.63, 3.8) is 0 Å². The summed E-state index contributed by atoms with van der Waals surface area (Å²) in [6.07, 6.45) is 0. The summed E-state index contributed by atoms with van der Waals surface area (Å²) < 4.78 is 1.82.